The molecule has 0 aromatic carbocycles. The minimum atomic E-state index is 0. The first-order chi connectivity index (χ1) is 8.60. The number of halogens is 2. The van der Waals surface area contributed by atoms with Gasteiger partial charge in [0.25, 0.3) is 0 Å². The summed E-state index contributed by atoms with van der Waals surface area (Å²) < 4.78 is 1.38. The average Bonchev–Trinajstić information content (AvgIpc) is 2.39. The van der Waals surface area contributed by atoms with Gasteiger partial charge in [-0.1, -0.05) is 39.5 Å². The Morgan fingerprint density at radius 2 is 1.37 bits per heavy atom. The van der Waals surface area contributed by atoms with E-state index in [1.165, 1.54) is 64.5 Å². The minimum Gasteiger partial charge on any atom is -1.00 e. The van der Waals surface area contributed by atoms with E-state index in [1.807, 2.05) is 0 Å². The predicted octanol–water partition coefficient (Wildman–Crippen LogP) is 1.99. The fourth-order valence-corrected chi connectivity index (χ4v) is 2.88. The number of nitrogens with zero attached hydrogens (tertiary/aromatic N) is 1. The van der Waals surface area contributed by atoms with Crippen molar-refractivity contribution in [2.45, 2.75) is 69.3 Å². The van der Waals surface area contributed by atoms with Gasteiger partial charge in [-0.2, -0.15) is 0 Å². The molecule has 0 aliphatic heterocycles. The highest BCUT2D eigenvalue weighted by Crippen LogP contribution is 2.20. The van der Waals surface area contributed by atoms with E-state index in [0.29, 0.717) is 4.05 Å². The highest BCUT2D eigenvalue weighted by molar-refractivity contribution is 14.1. The molecule has 0 spiro atoms. The van der Waals surface area contributed by atoms with Gasteiger partial charge in [0.1, 0.15) is 0 Å². The summed E-state index contributed by atoms with van der Waals surface area (Å²) in [6, 6.07) is 0. The smallest absolute Gasteiger partial charge is 0.200 e. The van der Waals surface area contributed by atoms with Gasteiger partial charge in [0.05, 0.1) is 20.1 Å². The predicted molar refractivity (Wildman–Crippen MR) is 90.8 cm³/mol. The van der Waals surface area contributed by atoms with Crippen LogP contribution in [-0.4, -0.2) is 28.7 Å². The van der Waals surface area contributed by atoms with Crippen molar-refractivity contribution in [3.05, 3.63) is 0 Å². The van der Waals surface area contributed by atoms with E-state index in [4.69, 9.17) is 6.42 Å². The minimum absolute atomic E-state index is 0. The first kappa shape index (κ1) is 21.8. The van der Waals surface area contributed by atoms with E-state index in [2.05, 4.69) is 49.4 Å². The van der Waals surface area contributed by atoms with Crippen LogP contribution in [0.25, 0.3) is 0 Å². The van der Waals surface area contributed by atoms with Crippen LogP contribution in [0.15, 0.2) is 0 Å². The van der Waals surface area contributed by atoms with Crippen LogP contribution in [-0.2, 0) is 0 Å². The Morgan fingerprint density at radius 1 is 0.947 bits per heavy atom. The zero-order valence-electron chi connectivity index (χ0n) is 12.9. The van der Waals surface area contributed by atoms with Crippen molar-refractivity contribution in [2.75, 3.05) is 20.1 Å². The lowest BCUT2D eigenvalue weighted by molar-refractivity contribution is -0.908. The van der Waals surface area contributed by atoms with Crippen molar-refractivity contribution >= 4 is 22.6 Å². The molecule has 0 bridgehead atoms. The first-order valence-electron chi connectivity index (χ1n) is 7.55. The van der Waals surface area contributed by atoms with Crippen LogP contribution in [0.3, 0.4) is 0 Å². The van der Waals surface area contributed by atoms with E-state index in [1.54, 1.807) is 0 Å². The molecule has 0 aliphatic rings. The molecular formula is C16H31ClIN. The number of terminal acetylenes is 1. The summed E-state index contributed by atoms with van der Waals surface area (Å²) >= 11 is 2.44. The number of alkyl halides is 1. The van der Waals surface area contributed by atoms with Gasteiger partial charge in [-0.05, 0) is 31.6 Å². The summed E-state index contributed by atoms with van der Waals surface area (Å²) in [7, 11) is 2.34. The van der Waals surface area contributed by atoms with Gasteiger partial charge in [-0.15, -0.1) is 6.42 Å². The molecule has 1 atom stereocenters. The molecule has 0 heterocycles. The van der Waals surface area contributed by atoms with Gasteiger partial charge >= 0.3 is 0 Å². The topological polar surface area (TPSA) is 0 Å². The van der Waals surface area contributed by atoms with Crippen LogP contribution < -0.4 is 12.4 Å². The standard InChI is InChI=1S/C16H31IN.ClH/c1-5-8-10-12-14-18(4,16(17)7-3)15-13-11-9-6-2;/h3,16H,5-6,8-15H2,1-2,4H3;1H/q+1;/p-1. The maximum Gasteiger partial charge on any atom is 0.200 e. The van der Waals surface area contributed by atoms with Crippen LogP contribution in [0.2, 0.25) is 0 Å². The number of unbranched alkanes of at least 4 members (excludes halogenated alkanes) is 6. The van der Waals surface area contributed by atoms with E-state index in [-0.39, 0.29) is 12.4 Å². The Kier molecular flexibility index (Phi) is 15.5. The molecule has 19 heavy (non-hydrogen) atoms. The lowest BCUT2D eigenvalue weighted by atomic mass is 10.1. The van der Waals surface area contributed by atoms with Crippen molar-refractivity contribution in [2.24, 2.45) is 0 Å². The first-order valence-corrected chi connectivity index (χ1v) is 8.79. The van der Waals surface area contributed by atoms with Crippen LogP contribution in [0.5, 0.6) is 0 Å². The third kappa shape index (κ3) is 9.98. The Bertz CT molecular complexity index is 225. The molecule has 3 heteroatoms. The van der Waals surface area contributed by atoms with Gasteiger partial charge in [0, 0.05) is 22.6 Å². The van der Waals surface area contributed by atoms with Gasteiger partial charge in [0.15, 0.2) is 4.05 Å². The molecule has 0 saturated heterocycles. The van der Waals surface area contributed by atoms with E-state index in [9.17, 15) is 0 Å². The maximum atomic E-state index is 5.65. The molecule has 114 valence electrons. The Morgan fingerprint density at radius 3 is 1.68 bits per heavy atom. The largest absolute Gasteiger partial charge is 1.00 e. The molecule has 0 aromatic rings. The van der Waals surface area contributed by atoms with E-state index < -0.39 is 0 Å². The number of rotatable bonds is 11. The summed E-state index contributed by atoms with van der Waals surface area (Å²) in [4.78, 5) is 0. The van der Waals surface area contributed by atoms with E-state index in [0.717, 1.165) is 4.48 Å². The van der Waals surface area contributed by atoms with Crippen LogP contribution >= 0.6 is 22.6 Å². The zero-order valence-corrected chi connectivity index (χ0v) is 15.8. The molecular weight excluding hydrogens is 369 g/mol. The maximum absolute atomic E-state index is 5.65. The molecule has 0 N–H and O–H groups in total. The number of quaternary nitrogens is 1. The van der Waals surface area contributed by atoms with Crippen molar-refractivity contribution in [3.63, 3.8) is 0 Å². The summed E-state index contributed by atoms with van der Waals surface area (Å²) in [5.74, 6) is 2.95. The summed E-state index contributed by atoms with van der Waals surface area (Å²) in [6.07, 6.45) is 16.3. The fourth-order valence-electron chi connectivity index (χ4n) is 2.32. The monoisotopic (exact) mass is 399 g/mol. The van der Waals surface area contributed by atoms with Gasteiger partial charge in [0.2, 0.25) is 0 Å². The van der Waals surface area contributed by atoms with Crippen LogP contribution in [0, 0.1) is 12.3 Å². The van der Waals surface area contributed by atoms with Gasteiger partial charge < -0.3 is 16.9 Å². The third-order valence-electron chi connectivity index (χ3n) is 3.73. The molecule has 0 aliphatic carbocycles. The quantitative estimate of drug-likeness (QED) is 0.124. The summed E-state index contributed by atoms with van der Waals surface area (Å²) in [5.41, 5.74) is 0. The number of hydrogen-bond acceptors (Lipinski definition) is 0. The molecule has 0 rings (SSSR count). The van der Waals surface area contributed by atoms with E-state index >= 15 is 0 Å². The third-order valence-corrected chi connectivity index (χ3v) is 5.43. The van der Waals surface area contributed by atoms with Gasteiger partial charge in [-0.25, -0.2) is 0 Å². The lowest BCUT2D eigenvalue weighted by Gasteiger charge is -2.37. The SMILES string of the molecule is C#CC(I)[N+](C)(CCCCCC)CCCCCC.[Cl-]. The van der Waals surface area contributed by atoms with Crippen molar-refractivity contribution in [3.8, 4) is 12.3 Å². The molecule has 0 saturated carbocycles. The van der Waals surface area contributed by atoms with Gasteiger partial charge in [-0.3, -0.25) is 0 Å². The molecule has 0 aromatic heterocycles. The number of hydrogen-bond donors (Lipinski definition) is 0. The van der Waals surface area contributed by atoms with Crippen molar-refractivity contribution in [1.29, 1.82) is 0 Å². The molecule has 0 amide bonds. The van der Waals surface area contributed by atoms with Crippen molar-refractivity contribution < 1.29 is 16.9 Å². The Labute approximate surface area is 141 Å². The second-order valence-corrected chi connectivity index (χ2v) is 6.73. The Balaban J connectivity index is 0. The second kappa shape index (κ2) is 13.5. The Hall–Kier alpha value is 0.540. The summed E-state index contributed by atoms with van der Waals surface area (Å²) in [6.45, 7) is 7.01. The highest BCUT2D eigenvalue weighted by atomic mass is 127. The molecule has 1 unspecified atom stereocenters. The van der Waals surface area contributed by atoms with Crippen LogP contribution in [0.1, 0.15) is 65.2 Å². The molecule has 0 fully saturated rings. The summed E-state index contributed by atoms with van der Waals surface area (Å²) in [5, 5.41) is 0. The zero-order chi connectivity index (χ0) is 13.9. The second-order valence-electron chi connectivity index (χ2n) is 5.55. The lowest BCUT2D eigenvalue weighted by Crippen LogP contribution is -3.00. The normalized spacial score (nSPS) is 12.6. The van der Waals surface area contributed by atoms with Crippen LogP contribution in [0.4, 0.5) is 0 Å². The molecule has 0 radical (unpaired) electrons. The average molecular weight is 400 g/mol. The fraction of sp³-hybridized carbons (Fsp3) is 0.875. The molecule has 1 nitrogen and oxygen atoms in total. The van der Waals surface area contributed by atoms with Crippen molar-refractivity contribution in [1.82, 2.24) is 0 Å². The highest BCUT2D eigenvalue weighted by Gasteiger charge is 2.27.